The van der Waals surface area contributed by atoms with Gasteiger partial charge in [0, 0.05) is 33.7 Å². The van der Waals surface area contributed by atoms with Crippen molar-refractivity contribution in [3.05, 3.63) is 95.1 Å². The number of aromatic nitrogens is 1. The minimum Gasteiger partial charge on any atom is -0.343 e. The lowest BCUT2D eigenvalue weighted by atomic mass is 9.92. The van der Waals surface area contributed by atoms with E-state index in [1.54, 1.807) is 0 Å². The highest BCUT2D eigenvalue weighted by Gasteiger charge is 2.34. The van der Waals surface area contributed by atoms with Crippen LogP contribution in [0.3, 0.4) is 0 Å². The van der Waals surface area contributed by atoms with Crippen LogP contribution in [0, 0.1) is 0 Å². The van der Waals surface area contributed by atoms with Gasteiger partial charge in [-0.3, -0.25) is 14.9 Å². The van der Waals surface area contributed by atoms with Crippen molar-refractivity contribution in [3.8, 4) is 0 Å². The molecule has 1 N–H and O–H groups in total. The van der Waals surface area contributed by atoms with Gasteiger partial charge in [0.15, 0.2) is 0 Å². The second-order valence-electron chi connectivity index (χ2n) is 7.21. The quantitative estimate of drug-likeness (QED) is 0.334. The number of hydrogen-bond donors (Lipinski definition) is 1. The molecule has 1 aromatic heterocycles. The Bertz CT molecular complexity index is 1410. The maximum absolute atomic E-state index is 13.0. The summed E-state index contributed by atoms with van der Waals surface area (Å²) in [6.45, 7) is 4.44. The first-order valence-corrected chi connectivity index (χ1v) is 10.4. The van der Waals surface area contributed by atoms with Gasteiger partial charge in [0.1, 0.15) is 0 Å². The lowest BCUT2D eigenvalue weighted by molar-refractivity contribution is -0.122. The molecule has 0 atom stereocenters. The molecule has 1 aliphatic rings. The Kier molecular flexibility index (Phi) is 4.40. The first kappa shape index (κ1) is 18.6. The third-order valence-corrected chi connectivity index (χ3v) is 5.92. The fourth-order valence-corrected chi connectivity index (χ4v) is 4.53. The van der Waals surface area contributed by atoms with Gasteiger partial charge in [-0.2, -0.15) is 0 Å². The van der Waals surface area contributed by atoms with Crippen LogP contribution >= 0.6 is 15.9 Å². The average molecular weight is 457 g/mol. The maximum atomic E-state index is 13.0. The largest absolute Gasteiger partial charge is 0.343 e. The molecule has 0 saturated heterocycles. The molecule has 0 saturated carbocycles. The second kappa shape index (κ2) is 7.11. The summed E-state index contributed by atoms with van der Waals surface area (Å²) in [5.74, 6) is -0.744. The Morgan fingerprint density at radius 2 is 1.63 bits per heavy atom. The number of rotatable bonds is 4. The van der Waals surface area contributed by atoms with Crippen molar-refractivity contribution >= 4 is 60.6 Å². The lowest BCUT2D eigenvalue weighted by Gasteiger charge is -2.08. The van der Waals surface area contributed by atoms with Crippen molar-refractivity contribution in [3.63, 3.8) is 0 Å². The van der Waals surface area contributed by atoms with E-state index in [0.717, 1.165) is 37.3 Å². The summed E-state index contributed by atoms with van der Waals surface area (Å²) < 4.78 is 2.94. The summed E-state index contributed by atoms with van der Waals surface area (Å²) in [7, 11) is 0. The van der Waals surface area contributed by atoms with Crippen LogP contribution < -0.4 is 5.32 Å². The molecule has 0 aliphatic carbocycles. The van der Waals surface area contributed by atoms with E-state index in [1.165, 1.54) is 0 Å². The van der Waals surface area contributed by atoms with Crippen molar-refractivity contribution in [1.29, 1.82) is 0 Å². The number of imide groups is 1. The Balaban J connectivity index is 1.87. The molecule has 2 amide bonds. The van der Waals surface area contributed by atoms with Crippen molar-refractivity contribution < 1.29 is 9.59 Å². The van der Waals surface area contributed by atoms with Crippen molar-refractivity contribution in [2.24, 2.45) is 0 Å². The number of carbonyl (C=O) groups is 2. The third-order valence-electron chi connectivity index (χ3n) is 5.43. The topological polar surface area (TPSA) is 51.1 Å². The monoisotopic (exact) mass is 456 g/mol. The second-order valence-corrected chi connectivity index (χ2v) is 8.12. The zero-order chi connectivity index (χ0) is 20.8. The van der Waals surface area contributed by atoms with Gasteiger partial charge in [-0.1, -0.05) is 64.5 Å². The predicted octanol–water partition coefficient (Wildman–Crippen LogP) is 5.31. The van der Waals surface area contributed by atoms with Crippen molar-refractivity contribution in [1.82, 2.24) is 9.88 Å². The van der Waals surface area contributed by atoms with E-state index in [1.807, 2.05) is 77.5 Å². The minimum absolute atomic E-state index is 0.369. The van der Waals surface area contributed by atoms with Gasteiger partial charge >= 0.3 is 0 Å². The fourth-order valence-electron chi connectivity index (χ4n) is 4.17. The number of hydrogen-bond acceptors (Lipinski definition) is 2. The van der Waals surface area contributed by atoms with Gasteiger partial charge in [-0.15, -0.1) is 6.58 Å². The molecule has 1 aliphatic heterocycles. The Labute approximate surface area is 181 Å². The molecule has 3 aromatic carbocycles. The van der Waals surface area contributed by atoms with Gasteiger partial charge in [0.05, 0.1) is 11.1 Å². The maximum Gasteiger partial charge on any atom is 0.259 e. The molecule has 0 unspecified atom stereocenters. The van der Waals surface area contributed by atoms with Gasteiger partial charge in [-0.25, -0.2) is 0 Å². The van der Waals surface area contributed by atoms with Crippen LogP contribution in [-0.4, -0.2) is 16.4 Å². The van der Waals surface area contributed by atoms with Gasteiger partial charge < -0.3 is 4.57 Å². The van der Waals surface area contributed by atoms with E-state index in [2.05, 4.69) is 27.8 Å². The Morgan fingerprint density at radius 1 is 0.900 bits per heavy atom. The van der Waals surface area contributed by atoms with Crippen LogP contribution in [0.25, 0.3) is 32.8 Å². The van der Waals surface area contributed by atoms with Crippen LogP contribution in [0.1, 0.15) is 11.1 Å². The molecule has 30 heavy (non-hydrogen) atoms. The fraction of sp³-hybridized carbons (Fsp3) is 0.0400. The summed E-state index contributed by atoms with van der Waals surface area (Å²) in [5, 5.41) is 5.37. The molecule has 5 heteroatoms. The third kappa shape index (κ3) is 2.82. The number of allylic oxidation sites excluding steroid dienone is 1. The molecule has 5 rings (SSSR count). The van der Waals surface area contributed by atoms with Crippen LogP contribution in [0.2, 0.25) is 0 Å². The molecule has 4 nitrogen and oxygen atoms in total. The standard InChI is InChI=1S/C25H17BrN2O2/c1-2-12-28-14-20(19-13-16(26)10-11-21(19)28)23-22(24(29)27-25(23)30)18-9-5-7-15-6-3-4-8-17(15)18/h2-11,13-14H,1,12H2,(H,27,29,30). The highest BCUT2D eigenvalue weighted by molar-refractivity contribution is 9.10. The van der Waals surface area contributed by atoms with Crippen molar-refractivity contribution in [2.75, 3.05) is 0 Å². The molecule has 0 fully saturated rings. The first-order valence-electron chi connectivity index (χ1n) is 9.56. The minimum atomic E-state index is -0.374. The zero-order valence-electron chi connectivity index (χ0n) is 16.0. The Hall–Kier alpha value is -3.44. The van der Waals surface area contributed by atoms with Gasteiger partial charge in [-0.05, 0) is 34.5 Å². The highest BCUT2D eigenvalue weighted by Crippen LogP contribution is 2.38. The molecule has 146 valence electrons. The number of amides is 2. The number of carbonyl (C=O) groups excluding carboxylic acids is 2. The van der Waals surface area contributed by atoms with Gasteiger partial charge in [0.2, 0.25) is 0 Å². The van der Waals surface area contributed by atoms with Gasteiger partial charge in [0.25, 0.3) is 11.8 Å². The van der Waals surface area contributed by atoms with E-state index in [4.69, 9.17) is 0 Å². The number of fused-ring (bicyclic) bond motifs is 2. The van der Waals surface area contributed by atoms with Crippen LogP contribution in [0.4, 0.5) is 0 Å². The van der Waals surface area contributed by atoms with E-state index in [0.29, 0.717) is 17.7 Å². The number of nitrogens with one attached hydrogen (secondary N) is 1. The molecule has 4 aromatic rings. The summed E-state index contributed by atoms with van der Waals surface area (Å²) in [5.41, 5.74) is 3.28. The SMILES string of the molecule is C=CCn1cc(C2=C(c3cccc4ccccc34)C(=O)NC2=O)c2cc(Br)ccc21. The Morgan fingerprint density at radius 3 is 2.43 bits per heavy atom. The molecular weight excluding hydrogens is 440 g/mol. The van der Waals surface area contributed by atoms with E-state index < -0.39 is 0 Å². The average Bonchev–Trinajstić information content (AvgIpc) is 3.23. The number of nitrogens with zero attached hydrogens (tertiary/aromatic N) is 1. The zero-order valence-corrected chi connectivity index (χ0v) is 17.6. The first-order chi connectivity index (χ1) is 14.6. The summed E-state index contributed by atoms with van der Waals surface area (Å²) in [4.78, 5) is 25.9. The highest BCUT2D eigenvalue weighted by atomic mass is 79.9. The summed E-state index contributed by atoms with van der Waals surface area (Å²) >= 11 is 3.53. The summed E-state index contributed by atoms with van der Waals surface area (Å²) in [6, 6.07) is 19.6. The van der Waals surface area contributed by atoms with Crippen molar-refractivity contribution in [2.45, 2.75) is 6.54 Å². The molecule has 0 radical (unpaired) electrons. The smallest absolute Gasteiger partial charge is 0.259 e. The van der Waals surface area contributed by atoms with E-state index in [-0.39, 0.29) is 11.8 Å². The van der Waals surface area contributed by atoms with Crippen LogP contribution in [0.15, 0.2) is 84.0 Å². The molecule has 0 spiro atoms. The molecule has 0 bridgehead atoms. The van der Waals surface area contributed by atoms with E-state index in [9.17, 15) is 9.59 Å². The molecule has 2 heterocycles. The lowest BCUT2D eigenvalue weighted by Crippen LogP contribution is -2.22. The number of benzene rings is 3. The van der Waals surface area contributed by atoms with E-state index >= 15 is 0 Å². The van der Waals surface area contributed by atoms with Crippen LogP contribution in [-0.2, 0) is 16.1 Å². The molecular formula is C25H17BrN2O2. The normalized spacial score (nSPS) is 14.0. The van der Waals surface area contributed by atoms with Crippen LogP contribution in [0.5, 0.6) is 0 Å². The number of halogens is 1. The predicted molar refractivity (Wildman–Crippen MR) is 124 cm³/mol. The summed E-state index contributed by atoms with van der Waals surface area (Å²) in [6.07, 6.45) is 3.74.